The average Bonchev–Trinajstić information content (AvgIpc) is 2.68. The van der Waals surface area contributed by atoms with E-state index in [1.54, 1.807) is 22.8 Å². The smallest absolute Gasteiger partial charge is 0.276 e. The van der Waals surface area contributed by atoms with Gasteiger partial charge in [-0.2, -0.15) is 5.10 Å². The highest BCUT2D eigenvalue weighted by Crippen LogP contribution is 2.18. The molecule has 0 bridgehead atoms. The van der Waals surface area contributed by atoms with Gasteiger partial charge in [-0.1, -0.05) is 0 Å². The standard InChI is InChI=1S/C12H20N4O2/c1-3-18-9-5-4-6-16(7-9)12(17)11-10(13)8-15(2)14-11/h8-9H,3-7,13H2,1-2H3. The lowest BCUT2D eigenvalue weighted by Crippen LogP contribution is -2.43. The number of nitrogen functional groups attached to an aromatic ring is 1. The Balaban J connectivity index is 2.06. The van der Waals surface area contributed by atoms with Crippen molar-refractivity contribution in [3.8, 4) is 0 Å². The zero-order chi connectivity index (χ0) is 13.1. The molecule has 18 heavy (non-hydrogen) atoms. The molecule has 1 fully saturated rings. The van der Waals surface area contributed by atoms with E-state index < -0.39 is 0 Å². The van der Waals surface area contributed by atoms with E-state index in [2.05, 4.69) is 5.10 Å². The van der Waals surface area contributed by atoms with Crippen molar-refractivity contribution in [3.05, 3.63) is 11.9 Å². The van der Waals surface area contributed by atoms with Gasteiger partial charge in [-0.3, -0.25) is 9.48 Å². The summed E-state index contributed by atoms with van der Waals surface area (Å²) in [5.74, 6) is -0.0995. The minimum absolute atomic E-state index is 0.0995. The largest absolute Gasteiger partial charge is 0.396 e. The number of nitrogens with zero attached hydrogens (tertiary/aromatic N) is 3. The maximum Gasteiger partial charge on any atom is 0.276 e. The van der Waals surface area contributed by atoms with Crippen LogP contribution in [-0.2, 0) is 11.8 Å². The van der Waals surface area contributed by atoms with Crippen LogP contribution in [0.1, 0.15) is 30.3 Å². The number of hydrogen-bond donors (Lipinski definition) is 1. The molecule has 1 unspecified atom stereocenters. The fourth-order valence-corrected chi connectivity index (χ4v) is 2.32. The highest BCUT2D eigenvalue weighted by Gasteiger charge is 2.27. The third-order valence-electron chi connectivity index (χ3n) is 3.13. The molecule has 100 valence electrons. The van der Waals surface area contributed by atoms with Crippen LogP contribution in [0.4, 0.5) is 5.69 Å². The van der Waals surface area contributed by atoms with Gasteiger partial charge in [-0.25, -0.2) is 0 Å². The lowest BCUT2D eigenvalue weighted by molar-refractivity contribution is 0.00704. The molecule has 6 nitrogen and oxygen atoms in total. The predicted octanol–water partition coefficient (Wildman–Crippen LogP) is 0.643. The molecule has 0 radical (unpaired) electrons. The molecule has 0 aromatic carbocycles. The number of piperidine rings is 1. The van der Waals surface area contributed by atoms with Gasteiger partial charge in [-0.15, -0.1) is 0 Å². The predicted molar refractivity (Wildman–Crippen MR) is 68.2 cm³/mol. The van der Waals surface area contributed by atoms with Crippen LogP contribution >= 0.6 is 0 Å². The second-order valence-corrected chi connectivity index (χ2v) is 4.58. The summed E-state index contributed by atoms with van der Waals surface area (Å²) in [4.78, 5) is 14.1. The van der Waals surface area contributed by atoms with Gasteiger partial charge in [0, 0.05) is 32.9 Å². The van der Waals surface area contributed by atoms with Crippen molar-refractivity contribution in [2.45, 2.75) is 25.9 Å². The first kappa shape index (κ1) is 12.9. The number of amides is 1. The Hall–Kier alpha value is -1.56. The van der Waals surface area contributed by atoms with E-state index in [-0.39, 0.29) is 12.0 Å². The Morgan fingerprint density at radius 1 is 1.67 bits per heavy atom. The number of ether oxygens (including phenoxy) is 1. The van der Waals surface area contributed by atoms with Crippen molar-refractivity contribution in [1.29, 1.82) is 0 Å². The number of carbonyl (C=O) groups is 1. The van der Waals surface area contributed by atoms with E-state index in [0.29, 0.717) is 24.5 Å². The van der Waals surface area contributed by atoms with Crippen LogP contribution in [0.5, 0.6) is 0 Å². The van der Waals surface area contributed by atoms with Crippen molar-refractivity contribution in [2.24, 2.45) is 7.05 Å². The molecule has 1 aliphatic rings. The third kappa shape index (κ3) is 2.64. The van der Waals surface area contributed by atoms with E-state index in [1.807, 2.05) is 6.92 Å². The van der Waals surface area contributed by atoms with Gasteiger partial charge in [0.15, 0.2) is 5.69 Å². The SMILES string of the molecule is CCOC1CCCN(C(=O)c2nn(C)cc2N)C1. The molecule has 1 atom stereocenters. The highest BCUT2D eigenvalue weighted by atomic mass is 16.5. The van der Waals surface area contributed by atoms with Gasteiger partial charge in [-0.05, 0) is 19.8 Å². The summed E-state index contributed by atoms with van der Waals surface area (Å²) in [5.41, 5.74) is 6.55. The van der Waals surface area contributed by atoms with Gasteiger partial charge >= 0.3 is 0 Å². The van der Waals surface area contributed by atoms with Gasteiger partial charge in [0.25, 0.3) is 5.91 Å². The second-order valence-electron chi connectivity index (χ2n) is 4.58. The number of rotatable bonds is 3. The summed E-state index contributed by atoms with van der Waals surface area (Å²) in [6.07, 6.45) is 3.76. The third-order valence-corrected chi connectivity index (χ3v) is 3.13. The molecular weight excluding hydrogens is 232 g/mol. The number of aromatic nitrogens is 2. The van der Waals surface area contributed by atoms with Crippen molar-refractivity contribution >= 4 is 11.6 Å². The Morgan fingerprint density at radius 2 is 2.44 bits per heavy atom. The monoisotopic (exact) mass is 252 g/mol. The highest BCUT2D eigenvalue weighted by molar-refractivity contribution is 5.97. The Morgan fingerprint density at radius 3 is 3.06 bits per heavy atom. The maximum absolute atomic E-state index is 12.3. The number of likely N-dealkylation sites (tertiary alicyclic amines) is 1. The fraction of sp³-hybridized carbons (Fsp3) is 0.667. The summed E-state index contributed by atoms with van der Waals surface area (Å²) in [6.45, 7) is 4.02. The molecule has 1 amide bonds. The average molecular weight is 252 g/mol. The van der Waals surface area contributed by atoms with Crippen LogP contribution < -0.4 is 5.73 Å². The van der Waals surface area contributed by atoms with E-state index in [0.717, 1.165) is 19.4 Å². The summed E-state index contributed by atoms with van der Waals surface area (Å²) in [6, 6.07) is 0. The Labute approximate surface area is 107 Å². The molecule has 0 saturated carbocycles. The van der Waals surface area contributed by atoms with Gasteiger partial charge in [0.2, 0.25) is 0 Å². The van der Waals surface area contributed by atoms with Crippen LogP contribution in [0, 0.1) is 0 Å². The molecule has 2 rings (SSSR count). The Kier molecular flexibility index (Phi) is 3.86. The van der Waals surface area contributed by atoms with E-state index >= 15 is 0 Å². The first-order chi connectivity index (χ1) is 8.61. The summed E-state index contributed by atoms with van der Waals surface area (Å²) >= 11 is 0. The molecule has 1 aliphatic heterocycles. The zero-order valence-electron chi connectivity index (χ0n) is 10.9. The molecule has 0 spiro atoms. The normalized spacial score (nSPS) is 20.1. The fourth-order valence-electron chi connectivity index (χ4n) is 2.32. The summed E-state index contributed by atoms with van der Waals surface area (Å²) in [7, 11) is 1.76. The van der Waals surface area contributed by atoms with Crippen LogP contribution in [0.2, 0.25) is 0 Å². The van der Waals surface area contributed by atoms with Gasteiger partial charge in [0.1, 0.15) is 0 Å². The number of carbonyl (C=O) groups excluding carboxylic acids is 1. The lowest BCUT2D eigenvalue weighted by atomic mass is 10.1. The lowest BCUT2D eigenvalue weighted by Gasteiger charge is -2.32. The van der Waals surface area contributed by atoms with Crippen LogP contribution in [-0.4, -0.2) is 46.4 Å². The minimum Gasteiger partial charge on any atom is -0.396 e. The van der Waals surface area contributed by atoms with Crippen LogP contribution in [0.15, 0.2) is 6.20 Å². The van der Waals surface area contributed by atoms with Crippen molar-refractivity contribution in [1.82, 2.24) is 14.7 Å². The molecule has 6 heteroatoms. The quantitative estimate of drug-likeness (QED) is 0.857. The van der Waals surface area contributed by atoms with Crippen molar-refractivity contribution in [2.75, 3.05) is 25.4 Å². The van der Waals surface area contributed by atoms with Crippen LogP contribution in [0.3, 0.4) is 0 Å². The summed E-state index contributed by atoms with van der Waals surface area (Å²) < 4.78 is 7.15. The topological polar surface area (TPSA) is 73.4 Å². The van der Waals surface area contributed by atoms with E-state index in [4.69, 9.17) is 10.5 Å². The number of aryl methyl sites for hydroxylation is 1. The van der Waals surface area contributed by atoms with Crippen LogP contribution in [0.25, 0.3) is 0 Å². The number of anilines is 1. The molecule has 1 aromatic rings. The molecule has 1 aromatic heterocycles. The number of nitrogens with two attached hydrogens (primary N) is 1. The van der Waals surface area contributed by atoms with Crippen molar-refractivity contribution in [3.63, 3.8) is 0 Å². The first-order valence-corrected chi connectivity index (χ1v) is 6.31. The zero-order valence-corrected chi connectivity index (χ0v) is 10.9. The first-order valence-electron chi connectivity index (χ1n) is 6.31. The minimum atomic E-state index is -0.0995. The van der Waals surface area contributed by atoms with E-state index in [1.165, 1.54) is 0 Å². The van der Waals surface area contributed by atoms with Gasteiger partial charge < -0.3 is 15.4 Å². The molecular formula is C12H20N4O2. The summed E-state index contributed by atoms with van der Waals surface area (Å²) in [5, 5.41) is 4.12. The Bertz CT molecular complexity index is 428. The molecule has 0 aliphatic carbocycles. The maximum atomic E-state index is 12.3. The molecule has 2 heterocycles. The second kappa shape index (κ2) is 5.39. The van der Waals surface area contributed by atoms with Gasteiger partial charge in [0.05, 0.1) is 11.8 Å². The number of hydrogen-bond acceptors (Lipinski definition) is 4. The molecule has 1 saturated heterocycles. The molecule has 2 N–H and O–H groups in total. The van der Waals surface area contributed by atoms with E-state index in [9.17, 15) is 4.79 Å². The van der Waals surface area contributed by atoms with Crippen molar-refractivity contribution < 1.29 is 9.53 Å².